The molecule has 0 fully saturated rings. The van der Waals surface area contributed by atoms with E-state index < -0.39 is 15.9 Å². The van der Waals surface area contributed by atoms with Gasteiger partial charge in [-0.05, 0) is 66.2 Å². The Morgan fingerprint density at radius 3 is 2.19 bits per heavy atom. The molecule has 0 aliphatic heterocycles. The van der Waals surface area contributed by atoms with Crippen LogP contribution in [0.4, 0.5) is 5.69 Å². The molecule has 0 aliphatic rings. The zero-order valence-corrected chi connectivity index (χ0v) is 19.7. The third-order valence-corrected chi connectivity index (χ3v) is 7.00. The SMILES string of the molecule is COc1ccc(NC(=O)CN(Cc2ccc(Br)cc2)S(=O)(=O)c2ccc(Cl)cc2)cc1. The molecule has 0 bridgehead atoms. The smallest absolute Gasteiger partial charge is 0.243 e. The second kappa shape index (κ2) is 10.3. The number of anilines is 1. The lowest BCUT2D eigenvalue weighted by Gasteiger charge is -2.22. The van der Waals surface area contributed by atoms with Crippen molar-refractivity contribution in [2.75, 3.05) is 19.0 Å². The number of methoxy groups -OCH3 is 1. The van der Waals surface area contributed by atoms with Crippen molar-refractivity contribution >= 4 is 49.1 Å². The highest BCUT2D eigenvalue weighted by Gasteiger charge is 2.27. The van der Waals surface area contributed by atoms with Crippen LogP contribution in [0.5, 0.6) is 5.75 Å². The average molecular weight is 524 g/mol. The summed E-state index contributed by atoms with van der Waals surface area (Å²) in [7, 11) is -2.39. The maximum atomic E-state index is 13.3. The van der Waals surface area contributed by atoms with Crippen molar-refractivity contribution in [2.45, 2.75) is 11.4 Å². The summed E-state index contributed by atoms with van der Waals surface area (Å²) < 4.78 is 33.6. The van der Waals surface area contributed by atoms with E-state index in [4.69, 9.17) is 16.3 Å². The number of halogens is 2. The van der Waals surface area contributed by atoms with Gasteiger partial charge in [0.15, 0.2) is 0 Å². The Hall–Kier alpha value is -2.39. The van der Waals surface area contributed by atoms with Gasteiger partial charge >= 0.3 is 0 Å². The summed E-state index contributed by atoms with van der Waals surface area (Å²) in [6, 6.07) is 19.9. The Morgan fingerprint density at radius 2 is 1.61 bits per heavy atom. The van der Waals surface area contributed by atoms with Gasteiger partial charge in [0.2, 0.25) is 15.9 Å². The number of nitrogens with one attached hydrogen (secondary N) is 1. The fourth-order valence-electron chi connectivity index (χ4n) is 2.81. The van der Waals surface area contributed by atoms with Crippen LogP contribution in [-0.2, 0) is 21.4 Å². The van der Waals surface area contributed by atoms with Crippen LogP contribution in [0, 0.1) is 0 Å². The summed E-state index contributed by atoms with van der Waals surface area (Å²) in [5, 5.41) is 3.15. The summed E-state index contributed by atoms with van der Waals surface area (Å²) in [4.78, 5) is 12.7. The van der Waals surface area contributed by atoms with Crippen LogP contribution < -0.4 is 10.1 Å². The van der Waals surface area contributed by atoms with Crippen LogP contribution in [0.25, 0.3) is 0 Å². The highest BCUT2D eigenvalue weighted by atomic mass is 79.9. The van der Waals surface area contributed by atoms with Gasteiger partial charge < -0.3 is 10.1 Å². The number of amides is 1. The quantitative estimate of drug-likeness (QED) is 0.454. The minimum absolute atomic E-state index is 0.0360. The molecule has 0 aliphatic carbocycles. The minimum atomic E-state index is -3.94. The number of hydrogen-bond donors (Lipinski definition) is 1. The Labute approximate surface area is 195 Å². The van der Waals surface area contributed by atoms with Gasteiger partial charge in [-0.2, -0.15) is 4.31 Å². The fraction of sp³-hybridized carbons (Fsp3) is 0.136. The van der Waals surface area contributed by atoms with E-state index in [1.54, 1.807) is 43.5 Å². The predicted octanol–water partition coefficient (Wildman–Crippen LogP) is 4.94. The van der Waals surface area contributed by atoms with Gasteiger partial charge in [0, 0.05) is 21.7 Å². The summed E-state index contributed by atoms with van der Waals surface area (Å²) in [5.41, 5.74) is 1.29. The summed E-state index contributed by atoms with van der Waals surface area (Å²) in [6.45, 7) is -0.318. The molecule has 1 N–H and O–H groups in total. The zero-order chi connectivity index (χ0) is 22.4. The predicted molar refractivity (Wildman–Crippen MR) is 125 cm³/mol. The van der Waals surface area contributed by atoms with Gasteiger partial charge in [-0.1, -0.05) is 39.7 Å². The summed E-state index contributed by atoms with van der Waals surface area (Å²) in [5.74, 6) is 0.194. The van der Waals surface area contributed by atoms with Crippen molar-refractivity contribution in [3.63, 3.8) is 0 Å². The van der Waals surface area contributed by atoms with E-state index in [2.05, 4.69) is 21.2 Å². The van der Waals surface area contributed by atoms with Gasteiger partial charge in [0.25, 0.3) is 0 Å². The topological polar surface area (TPSA) is 75.7 Å². The number of rotatable bonds is 8. The van der Waals surface area contributed by atoms with Crippen molar-refractivity contribution < 1.29 is 17.9 Å². The normalized spacial score (nSPS) is 11.4. The van der Waals surface area contributed by atoms with E-state index in [1.165, 1.54) is 24.3 Å². The van der Waals surface area contributed by atoms with E-state index in [9.17, 15) is 13.2 Å². The second-order valence-electron chi connectivity index (χ2n) is 6.63. The minimum Gasteiger partial charge on any atom is -0.497 e. The molecule has 0 aromatic heterocycles. The van der Waals surface area contributed by atoms with E-state index in [1.807, 2.05) is 12.1 Å². The first-order valence-corrected chi connectivity index (χ1v) is 11.8. The van der Waals surface area contributed by atoms with Gasteiger partial charge in [0.1, 0.15) is 5.75 Å². The Kier molecular flexibility index (Phi) is 7.72. The Balaban J connectivity index is 1.84. The molecule has 0 heterocycles. The molecule has 3 rings (SSSR count). The van der Waals surface area contributed by atoms with Gasteiger partial charge in [-0.15, -0.1) is 0 Å². The molecule has 6 nitrogen and oxygen atoms in total. The van der Waals surface area contributed by atoms with Crippen LogP contribution in [-0.4, -0.2) is 32.3 Å². The van der Waals surface area contributed by atoms with Crippen molar-refractivity contribution in [1.29, 1.82) is 0 Å². The van der Waals surface area contributed by atoms with Gasteiger partial charge in [-0.25, -0.2) is 8.42 Å². The lowest BCUT2D eigenvalue weighted by Crippen LogP contribution is -2.37. The molecule has 9 heteroatoms. The van der Waals surface area contributed by atoms with E-state index in [0.29, 0.717) is 16.5 Å². The number of benzene rings is 3. The molecule has 0 radical (unpaired) electrons. The number of nitrogens with zero attached hydrogens (tertiary/aromatic N) is 1. The van der Waals surface area contributed by atoms with Crippen molar-refractivity contribution in [2.24, 2.45) is 0 Å². The Bertz CT molecular complexity index is 1140. The molecule has 0 saturated heterocycles. The first-order chi connectivity index (χ1) is 14.8. The molecule has 0 unspecified atom stereocenters. The largest absolute Gasteiger partial charge is 0.497 e. The Morgan fingerprint density at radius 1 is 1.00 bits per heavy atom. The molecule has 0 spiro atoms. The molecule has 0 saturated carbocycles. The van der Waals surface area contributed by atoms with Crippen molar-refractivity contribution in [3.8, 4) is 5.75 Å². The number of sulfonamides is 1. The zero-order valence-electron chi connectivity index (χ0n) is 16.6. The first kappa shape index (κ1) is 23.3. The van der Waals surface area contributed by atoms with Crippen LogP contribution in [0.15, 0.2) is 82.2 Å². The van der Waals surface area contributed by atoms with Crippen LogP contribution in [0.1, 0.15) is 5.56 Å². The fourth-order valence-corrected chi connectivity index (χ4v) is 4.58. The molecule has 162 valence electrons. The van der Waals surface area contributed by atoms with E-state index >= 15 is 0 Å². The molecular formula is C22H20BrClN2O4S. The molecule has 1 amide bonds. The lowest BCUT2D eigenvalue weighted by molar-refractivity contribution is -0.116. The van der Waals surface area contributed by atoms with Crippen LogP contribution >= 0.6 is 27.5 Å². The van der Waals surface area contributed by atoms with Gasteiger partial charge in [-0.3, -0.25) is 4.79 Å². The molecule has 0 atom stereocenters. The average Bonchev–Trinajstić information content (AvgIpc) is 2.75. The molecular weight excluding hydrogens is 504 g/mol. The highest BCUT2D eigenvalue weighted by Crippen LogP contribution is 2.22. The van der Waals surface area contributed by atoms with Crippen molar-refractivity contribution in [3.05, 3.63) is 87.9 Å². The van der Waals surface area contributed by atoms with E-state index in [0.717, 1.165) is 14.3 Å². The standard InChI is InChI=1S/C22H20BrClN2O4S/c1-30-20-10-8-19(9-11-20)25-22(27)15-26(14-16-2-4-17(23)5-3-16)31(28,29)21-12-6-18(24)7-13-21/h2-13H,14-15H2,1H3,(H,25,27). The van der Waals surface area contributed by atoms with Gasteiger partial charge in [0.05, 0.1) is 18.6 Å². The second-order valence-corrected chi connectivity index (χ2v) is 9.92. The summed E-state index contributed by atoms with van der Waals surface area (Å²) >= 11 is 9.26. The van der Waals surface area contributed by atoms with E-state index in [-0.39, 0.29) is 18.0 Å². The maximum absolute atomic E-state index is 13.3. The third kappa shape index (κ3) is 6.30. The number of hydrogen-bond acceptors (Lipinski definition) is 4. The maximum Gasteiger partial charge on any atom is 0.243 e. The molecule has 3 aromatic rings. The number of carbonyl (C=O) groups is 1. The van der Waals surface area contributed by atoms with Crippen LogP contribution in [0.2, 0.25) is 5.02 Å². The number of ether oxygens (including phenoxy) is 1. The molecule has 31 heavy (non-hydrogen) atoms. The monoisotopic (exact) mass is 522 g/mol. The lowest BCUT2D eigenvalue weighted by atomic mass is 10.2. The molecule has 3 aromatic carbocycles. The van der Waals surface area contributed by atoms with Crippen LogP contribution in [0.3, 0.4) is 0 Å². The number of carbonyl (C=O) groups excluding carboxylic acids is 1. The summed E-state index contributed by atoms with van der Waals surface area (Å²) in [6.07, 6.45) is 0. The highest BCUT2D eigenvalue weighted by molar-refractivity contribution is 9.10. The van der Waals surface area contributed by atoms with Crippen molar-refractivity contribution in [1.82, 2.24) is 4.31 Å². The third-order valence-electron chi connectivity index (χ3n) is 4.42. The first-order valence-electron chi connectivity index (χ1n) is 9.22.